The maximum Gasteiger partial charge on any atom is 0.228 e. The molecule has 29 heavy (non-hydrogen) atoms. The van der Waals surface area contributed by atoms with Crippen LogP contribution >= 0.6 is 0 Å². The van der Waals surface area contributed by atoms with Gasteiger partial charge in [0.1, 0.15) is 5.82 Å². The SMILES string of the molecule is CCNC(=NCCc1nc(C(C)C)no1)NC1CCCN(c2cccc(F)c2)C1. The Morgan fingerprint density at radius 2 is 2.28 bits per heavy atom. The molecule has 0 spiro atoms. The van der Waals surface area contributed by atoms with Crippen molar-refractivity contribution in [3.8, 4) is 0 Å². The van der Waals surface area contributed by atoms with Gasteiger partial charge in [0.25, 0.3) is 0 Å². The first-order valence-electron chi connectivity index (χ1n) is 10.4. The minimum absolute atomic E-state index is 0.200. The summed E-state index contributed by atoms with van der Waals surface area (Å²) in [5.41, 5.74) is 0.927. The van der Waals surface area contributed by atoms with Crippen LogP contribution in [0.15, 0.2) is 33.8 Å². The lowest BCUT2D eigenvalue weighted by molar-refractivity contribution is 0.372. The van der Waals surface area contributed by atoms with Gasteiger partial charge in [0, 0.05) is 43.7 Å². The van der Waals surface area contributed by atoms with E-state index >= 15 is 0 Å². The Morgan fingerprint density at radius 1 is 1.41 bits per heavy atom. The maximum atomic E-state index is 13.6. The second-order valence-electron chi connectivity index (χ2n) is 7.62. The van der Waals surface area contributed by atoms with Crippen molar-refractivity contribution >= 4 is 11.6 Å². The predicted molar refractivity (Wildman–Crippen MR) is 113 cm³/mol. The monoisotopic (exact) mass is 402 g/mol. The number of aromatic nitrogens is 2. The third kappa shape index (κ3) is 6.17. The standard InChI is InChI=1S/C21H31FN6O/c1-4-23-21(24-11-10-19-26-20(15(2)3)27-29-19)25-17-8-6-12-28(14-17)18-9-5-7-16(22)13-18/h5,7,9,13,15,17H,4,6,8,10-12,14H2,1-3H3,(H2,23,24,25). The van der Waals surface area contributed by atoms with Crippen molar-refractivity contribution in [3.05, 3.63) is 41.8 Å². The first-order valence-corrected chi connectivity index (χ1v) is 10.4. The fourth-order valence-corrected chi connectivity index (χ4v) is 3.38. The molecular formula is C21H31FN6O. The number of anilines is 1. The van der Waals surface area contributed by atoms with Crippen LogP contribution < -0.4 is 15.5 Å². The number of hydrogen-bond donors (Lipinski definition) is 2. The average Bonchev–Trinajstić information content (AvgIpc) is 3.18. The molecule has 2 aromatic rings. The van der Waals surface area contributed by atoms with Gasteiger partial charge < -0.3 is 20.1 Å². The van der Waals surface area contributed by atoms with Gasteiger partial charge in [0.05, 0.1) is 6.54 Å². The summed E-state index contributed by atoms with van der Waals surface area (Å²) in [5.74, 6) is 2.18. The minimum Gasteiger partial charge on any atom is -0.369 e. The van der Waals surface area contributed by atoms with Crippen LogP contribution in [0.3, 0.4) is 0 Å². The van der Waals surface area contributed by atoms with E-state index in [0.29, 0.717) is 18.9 Å². The van der Waals surface area contributed by atoms with Crippen LogP contribution in [-0.2, 0) is 6.42 Å². The smallest absolute Gasteiger partial charge is 0.228 e. The molecule has 2 N–H and O–H groups in total. The average molecular weight is 403 g/mol. The summed E-state index contributed by atoms with van der Waals surface area (Å²) < 4.78 is 18.8. The zero-order valence-electron chi connectivity index (χ0n) is 17.5. The molecule has 158 valence electrons. The molecule has 1 aliphatic heterocycles. The lowest BCUT2D eigenvalue weighted by Crippen LogP contribution is -2.51. The van der Waals surface area contributed by atoms with Crippen LogP contribution in [0, 0.1) is 5.82 Å². The number of benzene rings is 1. The highest BCUT2D eigenvalue weighted by molar-refractivity contribution is 5.80. The predicted octanol–water partition coefficient (Wildman–Crippen LogP) is 3.10. The Balaban J connectivity index is 1.56. The summed E-state index contributed by atoms with van der Waals surface area (Å²) in [6, 6.07) is 7.04. The second-order valence-corrected chi connectivity index (χ2v) is 7.62. The van der Waals surface area contributed by atoms with E-state index in [9.17, 15) is 4.39 Å². The van der Waals surface area contributed by atoms with Gasteiger partial charge in [-0.3, -0.25) is 4.99 Å². The molecule has 0 bridgehead atoms. The normalized spacial score (nSPS) is 17.6. The van der Waals surface area contributed by atoms with Crippen molar-refractivity contribution in [3.63, 3.8) is 0 Å². The second kappa shape index (κ2) is 10.2. The Kier molecular flexibility index (Phi) is 7.43. The van der Waals surface area contributed by atoms with Gasteiger partial charge in [-0.05, 0) is 38.0 Å². The van der Waals surface area contributed by atoms with Crippen molar-refractivity contribution < 1.29 is 8.91 Å². The van der Waals surface area contributed by atoms with Gasteiger partial charge in [0.2, 0.25) is 5.89 Å². The summed E-state index contributed by atoms with van der Waals surface area (Å²) in [6.07, 6.45) is 2.71. The minimum atomic E-state index is -0.200. The number of nitrogens with zero attached hydrogens (tertiary/aromatic N) is 4. The van der Waals surface area contributed by atoms with E-state index in [0.717, 1.165) is 49.9 Å². The Labute approximate surface area is 171 Å². The molecule has 1 fully saturated rings. The number of halogens is 1. The van der Waals surface area contributed by atoms with E-state index in [4.69, 9.17) is 4.52 Å². The molecule has 0 amide bonds. The summed E-state index contributed by atoms with van der Waals surface area (Å²) >= 11 is 0. The molecule has 0 aliphatic carbocycles. The summed E-state index contributed by atoms with van der Waals surface area (Å²) in [5, 5.41) is 10.8. The largest absolute Gasteiger partial charge is 0.369 e. The topological polar surface area (TPSA) is 78.6 Å². The van der Waals surface area contributed by atoms with E-state index in [1.807, 2.05) is 26.8 Å². The number of guanidine groups is 1. The Hall–Kier alpha value is -2.64. The van der Waals surface area contributed by atoms with E-state index in [1.165, 1.54) is 6.07 Å². The fourth-order valence-electron chi connectivity index (χ4n) is 3.38. The van der Waals surface area contributed by atoms with Crippen molar-refractivity contribution in [2.75, 3.05) is 31.1 Å². The number of nitrogens with one attached hydrogen (secondary N) is 2. The van der Waals surface area contributed by atoms with E-state index in [1.54, 1.807) is 12.1 Å². The van der Waals surface area contributed by atoms with Crippen LogP contribution in [0.4, 0.5) is 10.1 Å². The first kappa shape index (κ1) is 21.1. The van der Waals surface area contributed by atoms with Crippen LogP contribution in [0.25, 0.3) is 0 Å². The third-order valence-electron chi connectivity index (χ3n) is 4.88. The van der Waals surface area contributed by atoms with Gasteiger partial charge in [-0.2, -0.15) is 4.98 Å². The summed E-state index contributed by atoms with van der Waals surface area (Å²) in [6.45, 7) is 9.22. The number of piperidine rings is 1. The highest BCUT2D eigenvalue weighted by atomic mass is 19.1. The van der Waals surface area contributed by atoms with Gasteiger partial charge in [-0.1, -0.05) is 25.1 Å². The van der Waals surface area contributed by atoms with Gasteiger partial charge in [-0.25, -0.2) is 4.39 Å². The Morgan fingerprint density at radius 3 is 3.00 bits per heavy atom. The third-order valence-corrected chi connectivity index (χ3v) is 4.88. The zero-order chi connectivity index (χ0) is 20.6. The number of hydrogen-bond acceptors (Lipinski definition) is 5. The highest BCUT2D eigenvalue weighted by Gasteiger charge is 2.21. The van der Waals surface area contributed by atoms with Crippen LogP contribution in [0.1, 0.15) is 51.2 Å². The quantitative estimate of drug-likeness (QED) is 0.547. The van der Waals surface area contributed by atoms with E-state index < -0.39 is 0 Å². The molecule has 0 radical (unpaired) electrons. The molecule has 1 saturated heterocycles. The van der Waals surface area contributed by atoms with E-state index in [2.05, 4.69) is 30.7 Å². The van der Waals surface area contributed by atoms with Gasteiger partial charge in [0.15, 0.2) is 11.8 Å². The molecule has 7 nitrogen and oxygen atoms in total. The molecule has 8 heteroatoms. The lowest BCUT2D eigenvalue weighted by Gasteiger charge is -2.35. The van der Waals surface area contributed by atoms with Crippen molar-refractivity contribution in [2.45, 2.75) is 52.0 Å². The molecular weight excluding hydrogens is 371 g/mol. The Bertz CT molecular complexity index is 806. The molecule has 1 atom stereocenters. The van der Waals surface area contributed by atoms with Crippen molar-refractivity contribution in [2.24, 2.45) is 4.99 Å². The lowest BCUT2D eigenvalue weighted by atomic mass is 10.0. The first-order chi connectivity index (χ1) is 14.0. The summed E-state index contributed by atoms with van der Waals surface area (Å²) in [7, 11) is 0. The number of aliphatic imine (C=N–C) groups is 1. The van der Waals surface area contributed by atoms with Crippen LogP contribution in [0.5, 0.6) is 0 Å². The molecule has 1 aliphatic rings. The van der Waals surface area contributed by atoms with Gasteiger partial charge in [-0.15, -0.1) is 0 Å². The van der Waals surface area contributed by atoms with Crippen molar-refractivity contribution in [1.29, 1.82) is 0 Å². The van der Waals surface area contributed by atoms with E-state index in [-0.39, 0.29) is 17.8 Å². The molecule has 1 unspecified atom stereocenters. The van der Waals surface area contributed by atoms with Crippen LogP contribution in [-0.4, -0.2) is 48.3 Å². The molecule has 1 aromatic carbocycles. The highest BCUT2D eigenvalue weighted by Crippen LogP contribution is 2.20. The molecule has 2 heterocycles. The molecule has 3 rings (SSSR count). The zero-order valence-corrected chi connectivity index (χ0v) is 17.5. The van der Waals surface area contributed by atoms with Crippen molar-refractivity contribution in [1.82, 2.24) is 20.8 Å². The molecule has 1 aromatic heterocycles. The van der Waals surface area contributed by atoms with Gasteiger partial charge >= 0.3 is 0 Å². The number of rotatable bonds is 7. The summed E-state index contributed by atoms with van der Waals surface area (Å²) in [4.78, 5) is 11.3. The molecule has 0 saturated carbocycles. The fraction of sp³-hybridized carbons (Fsp3) is 0.571. The van der Waals surface area contributed by atoms with Crippen LogP contribution in [0.2, 0.25) is 0 Å². The maximum absolute atomic E-state index is 13.6.